The maximum atomic E-state index is 6.27. The van der Waals surface area contributed by atoms with Crippen LogP contribution >= 0.6 is 0 Å². The average molecular weight is 327 g/mol. The fraction of sp³-hybridized carbons (Fsp3) is 0.600. The van der Waals surface area contributed by atoms with Crippen LogP contribution in [-0.2, 0) is 0 Å². The normalized spacial score (nSPS) is 13.2. The van der Waals surface area contributed by atoms with Crippen LogP contribution in [-0.4, -0.2) is 24.7 Å². The Bertz CT molecular complexity index is 465. The molecular formula is C15H30O2Si3. The van der Waals surface area contributed by atoms with Crippen LogP contribution in [0.3, 0.4) is 0 Å². The van der Waals surface area contributed by atoms with Crippen LogP contribution in [0.15, 0.2) is 18.2 Å². The van der Waals surface area contributed by atoms with E-state index in [-0.39, 0.29) is 0 Å². The standard InChI is InChI=1S/C15H30O2Si3/c1-18(2,3)13-10-11-14(16-19(4,5)6)15(12-13)17-20(7,8)9/h10-12H,1-9H3. The minimum Gasteiger partial charge on any atom is -0.542 e. The van der Waals surface area contributed by atoms with E-state index >= 15 is 0 Å². The number of hydrogen-bond donors (Lipinski definition) is 0. The molecule has 0 aliphatic heterocycles. The first-order chi connectivity index (χ1) is 8.78. The van der Waals surface area contributed by atoms with Crippen LogP contribution in [0.2, 0.25) is 58.9 Å². The van der Waals surface area contributed by atoms with Gasteiger partial charge in [0, 0.05) is 0 Å². The minimum absolute atomic E-state index is 0.925. The van der Waals surface area contributed by atoms with Gasteiger partial charge < -0.3 is 8.85 Å². The molecular weight excluding hydrogens is 296 g/mol. The highest BCUT2D eigenvalue weighted by Crippen LogP contribution is 2.31. The van der Waals surface area contributed by atoms with Crippen LogP contribution < -0.4 is 14.0 Å². The summed E-state index contributed by atoms with van der Waals surface area (Å²) in [5.41, 5.74) is 0. The van der Waals surface area contributed by atoms with Crippen molar-refractivity contribution >= 4 is 29.9 Å². The van der Waals surface area contributed by atoms with Crippen molar-refractivity contribution in [3.63, 3.8) is 0 Å². The summed E-state index contributed by atoms with van der Waals surface area (Å²) in [6.45, 7) is 20.3. The molecule has 0 saturated heterocycles. The number of rotatable bonds is 5. The van der Waals surface area contributed by atoms with Gasteiger partial charge in [0.15, 0.2) is 0 Å². The van der Waals surface area contributed by atoms with Gasteiger partial charge in [-0.05, 0) is 51.4 Å². The molecule has 0 aromatic heterocycles. The third-order valence-corrected chi connectivity index (χ3v) is 6.35. The third-order valence-electron chi connectivity index (χ3n) is 2.64. The Hall–Kier alpha value is -0.529. The maximum absolute atomic E-state index is 6.27. The van der Waals surface area contributed by atoms with E-state index in [1.165, 1.54) is 5.19 Å². The molecule has 0 heterocycles. The lowest BCUT2D eigenvalue weighted by atomic mass is 10.3. The molecule has 1 aromatic carbocycles. The summed E-state index contributed by atoms with van der Waals surface area (Å²) in [6, 6.07) is 6.56. The molecule has 0 spiro atoms. The molecule has 5 heteroatoms. The van der Waals surface area contributed by atoms with Crippen LogP contribution in [0.4, 0.5) is 0 Å². The van der Waals surface area contributed by atoms with Crippen molar-refractivity contribution in [1.82, 2.24) is 0 Å². The fourth-order valence-electron chi connectivity index (χ4n) is 1.80. The van der Waals surface area contributed by atoms with Gasteiger partial charge in [0.05, 0.1) is 8.07 Å². The van der Waals surface area contributed by atoms with Gasteiger partial charge in [0.25, 0.3) is 0 Å². The third kappa shape index (κ3) is 5.85. The topological polar surface area (TPSA) is 18.5 Å². The monoisotopic (exact) mass is 326 g/mol. The molecule has 0 aliphatic carbocycles. The number of benzene rings is 1. The predicted octanol–water partition coefficient (Wildman–Crippen LogP) is 4.66. The average Bonchev–Trinajstić information content (AvgIpc) is 2.14. The molecule has 20 heavy (non-hydrogen) atoms. The molecule has 0 amide bonds. The van der Waals surface area contributed by atoms with E-state index in [2.05, 4.69) is 77.1 Å². The molecule has 0 atom stereocenters. The molecule has 1 aromatic rings. The maximum Gasteiger partial charge on any atom is 0.242 e. The van der Waals surface area contributed by atoms with E-state index in [9.17, 15) is 0 Å². The van der Waals surface area contributed by atoms with Crippen LogP contribution in [0, 0.1) is 0 Å². The summed E-state index contributed by atoms with van der Waals surface area (Å²) in [5.74, 6) is 1.88. The van der Waals surface area contributed by atoms with Crippen molar-refractivity contribution in [1.29, 1.82) is 0 Å². The van der Waals surface area contributed by atoms with Gasteiger partial charge in [0.1, 0.15) is 11.5 Å². The summed E-state index contributed by atoms with van der Waals surface area (Å²) in [4.78, 5) is 0. The molecule has 0 radical (unpaired) electrons. The van der Waals surface area contributed by atoms with Crippen LogP contribution in [0.25, 0.3) is 0 Å². The largest absolute Gasteiger partial charge is 0.542 e. The van der Waals surface area contributed by atoms with Gasteiger partial charge in [-0.15, -0.1) is 0 Å². The van der Waals surface area contributed by atoms with E-state index in [1.807, 2.05) is 0 Å². The first-order valence-electron chi connectivity index (χ1n) is 7.30. The van der Waals surface area contributed by atoms with Gasteiger partial charge in [0.2, 0.25) is 16.6 Å². The molecule has 2 nitrogen and oxygen atoms in total. The van der Waals surface area contributed by atoms with E-state index in [4.69, 9.17) is 8.85 Å². The second-order valence-electron chi connectivity index (χ2n) is 8.34. The molecule has 0 bridgehead atoms. The van der Waals surface area contributed by atoms with Crippen molar-refractivity contribution in [2.45, 2.75) is 58.9 Å². The quantitative estimate of drug-likeness (QED) is 0.733. The van der Waals surface area contributed by atoms with Crippen molar-refractivity contribution in [3.05, 3.63) is 18.2 Å². The van der Waals surface area contributed by atoms with Crippen molar-refractivity contribution in [2.75, 3.05) is 0 Å². The second kappa shape index (κ2) is 5.69. The lowest BCUT2D eigenvalue weighted by molar-refractivity contribution is 0.489. The zero-order valence-electron chi connectivity index (χ0n) is 14.5. The number of hydrogen-bond acceptors (Lipinski definition) is 2. The highest BCUT2D eigenvalue weighted by molar-refractivity contribution is 6.88. The van der Waals surface area contributed by atoms with E-state index in [0.29, 0.717) is 0 Å². The van der Waals surface area contributed by atoms with Gasteiger partial charge >= 0.3 is 0 Å². The molecule has 0 saturated carbocycles. The molecule has 0 N–H and O–H groups in total. The first kappa shape index (κ1) is 17.5. The van der Waals surface area contributed by atoms with Crippen molar-refractivity contribution in [2.24, 2.45) is 0 Å². The minimum atomic E-state index is -1.64. The Morgan fingerprint density at radius 1 is 0.650 bits per heavy atom. The highest BCUT2D eigenvalue weighted by Gasteiger charge is 2.25. The smallest absolute Gasteiger partial charge is 0.242 e. The van der Waals surface area contributed by atoms with Gasteiger partial charge in [-0.3, -0.25) is 0 Å². The van der Waals surface area contributed by atoms with E-state index in [1.54, 1.807) is 0 Å². The lowest BCUT2D eigenvalue weighted by Crippen LogP contribution is -2.39. The van der Waals surface area contributed by atoms with Crippen LogP contribution in [0.1, 0.15) is 0 Å². The zero-order valence-corrected chi connectivity index (χ0v) is 17.5. The Kier molecular flexibility index (Phi) is 4.99. The lowest BCUT2D eigenvalue weighted by Gasteiger charge is -2.27. The van der Waals surface area contributed by atoms with Crippen LogP contribution in [0.5, 0.6) is 11.5 Å². The molecule has 114 valence electrons. The van der Waals surface area contributed by atoms with E-state index in [0.717, 1.165) is 11.5 Å². The first-order valence-corrected chi connectivity index (χ1v) is 17.6. The summed E-state index contributed by atoms with van der Waals surface area (Å²) >= 11 is 0. The van der Waals surface area contributed by atoms with Gasteiger partial charge in [-0.1, -0.05) is 30.9 Å². The molecule has 1 rings (SSSR count). The van der Waals surface area contributed by atoms with Gasteiger partial charge in [-0.2, -0.15) is 0 Å². The summed E-state index contributed by atoms with van der Waals surface area (Å²) in [5, 5.41) is 1.42. The zero-order chi connectivity index (χ0) is 15.8. The highest BCUT2D eigenvalue weighted by atomic mass is 28.4. The fourth-order valence-corrected chi connectivity index (χ4v) is 4.59. The predicted molar refractivity (Wildman–Crippen MR) is 97.4 cm³/mol. The SMILES string of the molecule is C[Si](C)(C)Oc1ccc([Si](C)(C)C)cc1O[Si](C)(C)C. The summed E-state index contributed by atoms with van der Waals surface area (Å²) in [7, 11) is -4.59. The van der Waals surface area contributed by atoms with Crippen molar-refractivity contribution in [3.8, 4) is 11.5 Å². The molecule has 0 aliphatic rings. The summed E-state index contributed by atoms with van der Waals surface area (Å²) < 4.78 is 12.5. The van der Waals surface area contributed by atoms with Gasteiger partial charge in [-0.25, -0.2) is 0 Å². The Morgan fingerprint density at radius 2 is 1.10 bits per heavy atom. The Morgan fingerprint density at radius 3 is 1.50 bits per heavy atom. The Balaban J connectivity index is 3.23. The molecule has 0 fully saturated rings. The van der Waals surface area contributed by atoms with Crippen molar-refractivity contribution < 1.29 is 8.85 Å². The summed E-state index contributed by atoms with van der Waals surface area (Å²) in [6.07, 6.45) is 0. The molecule has 0 unspecified atom stereocenters. The second-order valence-corrected chi connectivity index (χ2v) is 22.3. The van der Waals surface area contributed by atoms with E-state index < -0.39 is 24.7 Å². The Labute approximate surface area is 127 Å².